The van der Waals surface area contributed by atoms with Crippen LogP contribution in [0.5, 0.6) is 5.75 Å². The van der Waals surface area contributed by atoms with Gasteiger partial charge >= 0.3 is 0 Å². The van der Waals surface area contributed by atoms with Crippen molar-refractivity contribution < 1.29 is 4.74 Å². The van der Waals surface area contributed by atoms with E-state index in [1.807, 2.05) is 12.4 Å². The molecule has 3 nitrogen and oxygen atoms in total. The van der Waals surface area contributed by atoms with Crippen molar-refractivity contribution in [3.05, 3.63) is 52.6 Å². The molecule has 1 aromatic carbocycles. The molecule has 3 heteroatoms. The van der Waals surface area contributed by atoms with Gasteiger partial charge in [0.25, 0.3) is 0 Å². The lowest BCUT2D eigenvalue weighted by Gasteiger charge is -2.22. The number of benzene rings is 1. The summed E-state index contributed by atoms with van der Waals surface area (Å²) in [6, 6.07) is 4.41. The smallest absolute Gasteiger partial charge is 0.122 e. The fourth-order valence-electron chi connectivity index (χ4n) is 3.54. The molecule has 0 aliphatic heterocycles. The second kappa shape index (κ2) is 7.90. The standard InChI is InChI=1S/C22H30N2O/c1-16(2)15-25-22-10-9-19(20-7-5-6-8-21(20)22)13-17(3)14-24-12-11-23-18(24)4/h9-13,16H,5-8,14-15H2,1-4H3/b17-13+. The molecule has 25 heavy (non-hydrogen) atoms. The van der Waals surface area contributed by atoms with Crippen molar-refractivity contribution >= 4 is 6.08 Å². The van der Waals surface area contributed by atoms with Gasteiger partial charge in [0.05, 0.1) is 6.61 Å². The average Bonchev–Trinajstić information content (AvgIpc) is 2.99. The summed E-state index contributed by atoms with van der Waals surface area (Å²) in [5.74, 6) is 2.72. The van der Waals surface area contributed by atoms with Crippen molar-refractivity contribution in [2.75, 3.05) is 6.61 Å². The molecule has 1 heterocycles. The molecular formula is C22H30N2O. The molecule has 0 saturated carbocycles. The minimum Gasteiger partial charge on any atom is -0.493 e. The largest absolute Gasteiger partial charge is 0.493 e. The van der Waals surface area contributed by atoms with E-state index in [-0.39, 0.29) is 0 Å². The lowest BCUT2D eigenvalue weighted by Crippen LogP contribution is -2.11. The molecule has 134 valence electrons. The number of hydrogen-bond donors (Lipinski definition) is 0. The molecule has 0 amide bonds. The second-order valence-corrected chi connectivity index (χ2v) is 7.62. The summed E-state index contributed by atoms with van der Waals surface area (Å²) in [6.07, 6.45) is 11.1. The quantitative estimate of drug-likeness (QED) is 0.723. The van der Waals surface area contributed by atoms with Crippen molar-refractivity contribution in [1.82, 2.24) is 9.55 Å². The van der Waals surface area contributed by atoms with E-state index in [0.717, 1.165) is 37.6 Å². The van der Waals surface area contributed by atoms with E-state index >= 15 is 0 Å². The first kappa shape index (κ1) is 17.8. The highest BCUT2D eigenvalue weighted by Crippen LogP contribution is 2.33. The zero-order valence-corrected chi connectivity index (χ0v) is 16.0. The molecule has 0 radical (unpaired) electrons. The summed E-state index contributed by atoms with van der Waals surface area (Å²) >= 11 is 0. The van der Waals surface area contributed by atoms with E-state index in [9.17, 15) is 0 Å². The Morgan fingerprint density at radius 2 is 2.00 bits per heavy atom. The predicted molar refractivity (Wildman–Crippen MR) is 104 cm³/mol. The monoisotopic (exact) mass is 338 g/mol. The lowest BCUT2D eigenvalue weighted by molar-refractivity contribution is 0.267. The predicted octanol–water partition coefficient (Wildman–Crippen LogP) is 5.21. The van der Waals surface area contributed by atoms with Crippen molar-refractivity contribution in [2.45, 2.75) is 59.9 Å². The normalized spacial score (nSPS) is 14.7. The van der Waals surface area contributed by atoms with Gasteiger partial charge < -0.3 is 9.30 Å². The Labute approximate surface area is 151 Å². The van der Waals surface area contributed by atoms with Crippen LogP contribution in [0.2, 0.25) is 0 Å². The Bertz CT molecular complexity index is 755. The van der Waals surface area contributed by atoms with Crippen LogP contribution in [0.3, 0.4) is 0 Å². The van der Waals surface area contributed by atoms with Crippen molar-refractivity contribution in [3.63, 3.8) is 0 Å². The van der Waals surface area contributed by atoms with Gasteiger partial charge in [-0.2, -0.15) is 0 Å². The summed E-state index contributed by atoms with van der Waals surface area (Å²) in [6.45, 7) is 10.3. The minimum atomic E-state index is 0.555. The number of hydrogen-bond acceptors (Lipinski definition) is 2. The number of nitrogens with zero attached hydrogens (tertiary/aromatic N) is 2. The van der Waals surface area contributed by atoms with Gasteiger partial charge in [-0.05, 0) is 68.2 Å². The molecule has 0 atom stereocenters. The molecule has 1 aromatic heterocycles. The van der Waals surface area contributed by atoms with Gasteiger partial charge in [-0.1, -0.05) is 31.6 Å². The zero-order chi connectivity index (χ0) is 17.8. The maximum atomic E-state index is 6.09. The molecule has 0 fully saturated rings. The van der Waals surface area contributed by atoms with Gasteiger partial charge in [0.15, 0.2) is 0 Å². The Kier molecular flexibility index (Phi) is 5.62. The molecule has 3 rings (SSSR count). The van der Waals surface area contributed by atoms with Crippen LogP contribution in [0.15, 0.2) is 30.1 Å². The summed E-state index contributed by atoms with van der Waals surface area (Å²) in [7, 11) is 0. The molecule has 0 saturated heterocycles. The summed E-state index contributed by atoms with van der Waals surface area (Å²) in [5.41, 5.74) is 5.65. The first-order chi connectivity index (χ1) is 12.0. The van der Waals surface area contributed by atoms with E-state index in [2.05, 4.69) is 55.5 Å². The van der Waals surface area contributed by atoms with Gasteiger partial charge in [0.2, 0.25) is 0 Å². The van der Waals surface area contributed by atoms with E-state index in [4.69, 9.17) is 4.74 Å². The van der Waals surface area contributed by atoms with Crippen LogP contribution in [0.1, 0.15) is 56.1 Å². The van der Waals surface area contributed by atoms with Crippen LogP contribution >= 0.6 is 0 Å². The highest BCUT2D eigenvalue weighted by molar-refractivity contribution is 5.61. The van der Waals surface area contributed by atoms with Crippen LogP contribution in [0.25, 0.3) is 6.08 Å². The Balaban J connectivity index is 1.86. The first-order valence-electron chi connectivity index (χ1n) is 9.47. The third-order valence-corrected chi connectivity index (χ3v) is 4.85. The fraction of sp³-hybridized carbons (Fsp3) is 0.500. The fourth-order valence-corrected chi connectivity index (χ4v) is 3.54. The summed E-state index contributed by atoms with van der Waals surface area (Å²) in [5, 5.41) is 0. The maximum absolute atomic E-state index is 6.09. The summed E-state index contributed by atoms with van der Waals surface area (Å²) < 4.78 is 8.29. The first-order valence-corrected chi connectivity index (χ1v) is 9.47. The number of rotatable bonds is 6. The number of ether oxygens (including phenoxy) is 1. The van der Waals surface area contributed by atoms with E-state index in [1.54, 1.807) is 0 Å². The number of imidazole rings is 1. The number of fused-ring (bicyclic) bond motifs is 1. The molecular weight excluding hydrogens is 308 g/mol. The third-order valence-electron chi connectivity index (χ3n) is 4.85. The lowest BCUT2D eigenvalue weighted by atomic mass is 9.87. The zero-order valence-electron chi connectivity index (χ0n) is 16.0. The molecule has 0 N–H and O–H groups in total. The second-order valence-electron chi connectivity index (χ2n) is 7.62. The third kappa shape index (κ3) is 4.33. The van der Waals surface area contributed by atoms with Crippen LogP contribution in [-0.4, -0.2) is 16.2 Å². The highest BCUT2D eigenvalue weighted by Gasteiger charge is 2.17. The molecule has 1 aliphatic rings. The summed E-state index contributed by atoms with van der Waals surface area (Å²) in [4.78, 5) is 4.31. The van der Waals surface area contributed by atoms with E-state index < -0.39 is 0 Å². The van der Waals surface area contributed by atoms with Gasteiger partial charge in [-0.25, -0.2) is 4.98 Å². The van der Waals surface area contributed by atoms with Crippen molar-refractivity contribution in [1.29, 1.82) is 0 Å². The van der Waals surface area contributed by atoms with Gasteiger partial charge in [0.1, 0.15) is 11.6 Å². The van der Waals surface area contributed by atoms with Crippen molar-refractivity contribution in [2.24, 2.45) is 5.92 Å². The minimum absolute atomic E-state index is 0.555. The number of allylic oxidation sites excluding steroid dienone is 1. The van der Waals surface area contributed by atoms with Crippen LogP contribution < -0.4 is 4.74 Å². The van der Waals surface area contributed by atoms with Gasteiger partial charge in [-0.15, -0.1) is 0 Å². The van der Waals surface area contributed by atoms with Gasteiger partial charge in [-0.3, -0.25) is 0 Å². The van der Waals surface area contributed by atoms with Gasteiger partial charge in [0, 0.05) is 18.9 Å². The Morgan fingerprint density at radius 3 is 2.68 bits per heavy atom. The topological polar surface area (TPSA) is 27.1 Å². The van der Waals surface area contributed by atoms with Crippen molar-refractivity contribution in [3.8, 4) is 5.75 Å². The van der Waals surface area contributed by atoms with E-state index in [1.165, 1.54) is 35.1 Å². The molecule has 0 unspecified atom stereocenters. The molecule has 0 bridgehead atoms. The average molecular weight is 338 g/mol. The van der Waals surface area contributed by atoms with Crippen LogP contribution in [-0.2, 0) is 19.4 Å². The number of aryl methyl sites for hydroxylation is 1. The SMILES string of the molecule is C/C(=C\c1ccc(OCC(C)C)c2c1CCCC2)Cn1ccnc1C. The Hall–Kier alpha value is -2.03. The molecule has 1 aliphatic carbocycles. The van der Waals surface area contributed by atoms with E-state index in [0.29, 0.717) is 5.92 Å². The maximum Gasteiger partial charge on any atom is 0.122 e. The molecule has 0 spiro atoms. The highest BCUT2D eigenvalue weighted by atomic mass is 16.5. The van der Waals surface area contributed by atoms with Crippen LogP contribution in [0, 0.1) is 12.8 Å². The Morgan fingerprint density at radius 1 is 1.24 bits per heavy atom. The van der Waals surface area contributed by atoms with Crippen LogP contribution in [0.4, 0.5) is 0 Å². The molecule has 2 aromatic rings. The number of aromatic nitrogens is 2.